The van der Waals surface area contributed by atoms with E-state index >= 15 is 0 Å². The molecule has 4 heteroatoms. The van der Waals surface area contributed by atoms with E-state index in [9.17, 15) is 9.59 Å². The number of carboxylic acids is 1. The fourth-order valence-electron chi connectivity index (χ4n) is 2.88. The molecule has 1 fully saturated rings. The highest BCUT2D eigenvalue weighted by molar-refractivity contribution is 5.90. The molecule has 0 aliphatic heterocycles. The summed E-state index contributed by atoms with van der Waals surface area (Å²) in [6.45, 7) is -0.312. The summed E-state index contributed by atoms with van der Waals surface area (Å²) in [5, 5.41) is 11.3. The lowest BCUT2D eigenvalue weighted by atomic mass is 9.68. The number of hydrogen-bond donors (Lipinski definition) is 2. The molecular formula is C15H19NO3. The highest BCUT2D eigenvalue weighted by atomic mass is 16.4. The molecule has 0 unspecified atom stereocenters. The number of rotatable bonds is 4. The maximum absolute atomic E-state index is 12.5. The van der Waals surface area contributed by atoms with Gasteiger partial charge in [-0.05, 0) is 18.4 Å². The van der Waals surface area contributed by atoms with Crippen molar-refractivity contribution in [3.05, 3.63) is 35.9 Å². The van der Waals surface area contributed by atoms with Crippen molar-refractivity contribution in [3.8, 4) is 0 Å². The van der Waals surface area contributed by atoms with Gasteiger partial charge in [-0.15, -0.1) is 0 Å². The lowest BCUT2D eigenvalue weighted by Gasteiger charge is -2.36. The number of carboxylic acid groups (broad SMARTS) is 1. The molecule has 19 heavy (non-hydrogen) atoms. The Balaban J connectivity index is 2.24. The predicted octanol–water partition coefficient (Wildman–Crippen LogP) is 2.09. The second-order valence-electron chi connectivity index (χ2n) is 5.09. The van der Waals surface area contributed by atoms with Crippen LogP contribution >= 0.6 is 0 Å². The van der Waals surface area contributed by atoms with Crippen LogP contribution in [-0.2, 0) is 15.0 Å². The molecule has 0 aromatic heterocycles. The average molecular weight is 261 g/mol. The molecule has 1 saturated carbocycles. The van der Waals surface area contributed by atoms with Gasteiger partial charge in [0, 0.05) is 0 Å². The average Bonchev–Trinajstić information content (AvgIpc) is 2.46. The van der Waals surface area contributed by atoms with Crippen molar-refractivity contribution in [1.82, 2.24) is 5.32 Å². The van der Waals surface area contributed by atoms with Crippen molar-refractivity contribution in [2.24, 2.45) is 0 Å². The SMILES string of the molecule is O=C(O)CNC(=O)C1(c2ccccc2)CCCCC1. The minimum Gasteiger partial charge on any atom is -0.480 e. The Morgan fingerprint density at radius 2 is 1.74 bits per heavy atom. The van der Waals surface area contributed by atoms with Crippen LogP contribution in [0.15, 0.2) is 30.3 Å². The Kier molecular flexibility index (Phi) is 4.20. The van der Waals surface area contributed by atoms with Gasteiger partial charge in [-0.2, -0.15) is 0 Å². The second kappa shape index (κ2) is 5.87. The third kappa shape index (κ3) is 2.95. The molecule has 1 aromatic rings. The molecular weight excluding hydrogens is 242 g/mol. The Morgan fingerprint density at radius 1 is 1.11 bits per heavy atom. The van der Waals surface area contributed by atoms with E-state index < -0.39 is 11.4 Å². The van der Waals surface area contributed by atoms with E-state index in [4.69, 9.17) is 5.11 Å². The minimum absolute atomic E-state index is 0.152. The molecule has 1 aliphatic carbocycles. The van der Waals surface area contributed by atoms with Crippen molar-refractivity contribution < 1.29 is 14.7 Å². The van der Waals surface area contributed by atoms with E-state index in [0.29, 0.717) is 0 Å². The smallest absolute Gasteiger partial charge is 0.322 e. The second-order valence-corrected chi connectivity index (χ2v) is 5.09. The van der Waals surface area contributed by atoms with Gasteiger partial charge in [-0.25, -0.2) is 0 Å². The van der Waals surface area contributed by atoms with Gasteiger partial charge in [0.2, 0.25) is 5.91 Å². The molecule has 0 bridgehead atoms. The van der Waals surface area contributed by atoms with Crippen LogP contribution in [-0.4, -0.2) is 23.5 Å². The summed E-state index contributed by atoms with van der Waals surface area (Å²) >= 11 is 0. The van der Waals surface area contributed by atoms with Gasteiger partial charge < -0.3 is 10.4 Å². The maximum atomic E-state index is 12.5. The monoisotopic (exact) mass is 261 g/mol. The van der Waals surface area contributed by atoms with Gasteiger partial charge in [0.05, 0.1) is 5.41 Å². The van der Waals surface area contributed by atoms with Gasteiger partial charge in [-0.3, -0.25) is 9.59 Å². The lowest BCUT2D eigenvalue weighted by Crippen LogP contribution is -2.47. The van der Waals surface area contributed by atoms with Gasteiger partial charge in [0.15, 0.2) is 0 Å². The number of carbonyl (C=O) groups is 2. The fraction of sp³-hybridized carbons (Fsp3) is 0.467. The maximum Gasteiger partial charge on any atom is 0.322 e. The van der Waals surface area contributed by atoms with Gasteiger partial charge in [-0.1, -0.05) is 49.6 Å². The molecule has 4 nitrogen and oxygen atoms in total. The molecule has 2 N–H and O–H groups in total. The standard InChI is InChI=1S/C15H19NO3/c17-13(18)11-16-14(19)15(9-5-2-6-10-15)12-7-3-1-4-8-12/h1,3-4,7-8H,2,5-6,9-11H2,(H,16,19)(H,17,18). The largest absolute Gasteiger partial charge is 0.480 e. The number of benzene rings is 1. The van der Waals surface area contributed by atoms with Crippen LogP contribution in [0, 0.1) is 0 Å². The quantitative estimate of drug-likeness (QED) is 0.872. The third-order valence-electron chi connectivity index (χ3n) is 3.87. The normalized spacial score (nSPS) is 17.7. The zero-order valence-electron chi connectivity index (χ0n) is 10.9. The van der Waals surface area contributed by atoms with E-state index in [2.05, 4.69) is 5.32 Å². The Hall–Kier alpha value is -1.84. The number of carbonyl (C=O) groups excluding carboxylic acids is 1. The topological polar surface area (TPSA) is 66.4 Å². The summed E-state index contributed by atoms with van der Waals surface area (Å²) in [5.41, 5.74) is 0.451. The highest BCUT2D eigenvalue weighted by Crippen LogP contribution is 2.39. The zero-order chi connectivity index (χ0) is 13.7. The molecule has 1 amide bonds. The van der Waals surface area contributed by atoms with Crippen molar-refractivity contribution in [2.45, 2.75) is 37.5 Å². The first kappa shape index (κ1) is 13.6. The van der Waals surface area contributed by atoms with Crippen molar-refractivity contribution in [2.75, 3.05) is 6.54 Å². The van der Waals surface area contributed by atoms with Gasteiger partial charge >= 0.3 is 5.97 Å². The number of aliphatic carboxylic acids is 1. The van der Waals surface area contributed by atoms with Crippen LogP contribution < -0.4 is 5.32 Å². The Bertz CT molecular complexity index is 450. The summed E-state index contributed by atoms with van der Waals surface area (Å²) in [4.78, 5) is 23.1. The van der Waals surface area contributed by atoms with Gasteiger partial charge in [0.1, 0.15) is 6.54 Å². The van der Waals surface area contributed by atoms with Crippen LogP contribution in [0.1, 0.15) is 37.7 Å². The van der Waals surface area contributed by atoms with Gasteiger partial charge in [0.25, 0.3) is 0 Å². The predicted molar refractivity (Wildman–Crippen MR) is 71.9 cm³/mol. The molecule has 0 atom stereocenters. The van der Waals surface area contributed by atoms with Crippen LogP contribution in [0.25, 0.3) is 0 Å². The molecule has 0 saturated heterocycles. The Labute approximate surface area is 112 Å². The summed E-state index contributed by atoms with van der Waals surface area (Å²) in [5.74, 6) is -1.16. The summed E-state index contributed by atoms with van der Waals surface area (Å²) in [6, 6.07) is 9.71. The third-order valence-corrected chi connectivity index (χ3v) is 3.87. The molecule has 2 rings (SSSR count). The van der Waals surface area contributed by atoms with E-state index in [1.807, 2.05) is 30.3 Å². The molecule has 0 radical (unpaired) electrons. The summed E-state index contributed by atoms with van der Waals surface area (Å²) in [7, 11) is 0. The Morgan fingerprint density at radius 3 is 2.32 bits per heavy atom. The molecule has 102 valence electrons. The molecule has 1 aliphatic rings. The summed E-state index contributed by atoms with van der Waals surface area (Å²) < 4.78 is 0. The van der Waals surface area contributed by atoms with E-state index in [-0.39, 0.29) is 12.5 Å². The fourth-order valence-corrected chi connectivity index (χ4v) is 2.88. The van der Waals surface area contributed by atoms with Crippen LogP contribution in [0.5, 0.6) is 0 Å². The minimum atomic E-state index is -1.01. The van der Waals surface area contributed by atoms with E-state index in [1.54, 1.807) is 0 Å². The molecule has 0 spiro atoms. The molecule has 1 aromatic carbocycles. The zero-order valence-corrected chi connectivity index (χ0v) is 10.9. The first-order chi connectivity index (χ1) is 9.15. The van der Waals surface area contributed by atoms with Crippen LogP contribution in [0.2, 0.25) is 0 Å². The van der Waals surface area contributed by atoms with Crippen molar-refractivity contribution in [1.29, 1.82) is 0 Å². The van der Waals surface area contributed by atoms with E-state index in [0.717, 1.165) is 37.7 Å². The van der Waals surface area contributed by atoms with Crippen molar-refractivity contribution >= 4 is 11.9 Å². The number of amides is 1. The van der Waals surface area contributed by atoms with E-state index in [1.165, 1.54) is 0 Å². The number of nitrogens with one attached hydrogen (secondary N) is 1. The van der Waals surface area contributed by atoms with Crippen LogP contribution in [0.3, 0.4) is 0 Å². The summed E-state index contributed by atoms with van der Waals surface area (Å²) in [6.07, 6.45) is 4.75. The highest BCUT2D eigenvalue weighted by Gasteiger charge is 2.40. The first-order valence-corrected chi connectivity index (χ1v) is 6.71. The van der Waals surface area contributed by atoms with Crippen LogP contribution in [0.4, 0.5) is 0 Å². The first-order valence-electron chi connectivity index (χ1n) is 6.71. The number of hydrogen-bond acceptors (Lipinski definition) is 2. The lowest BCUT2D eigenvalue weighted by molar-refractivity contribution is -0.139. The molecule has 0 heterocycles. The van der Waals surface area contributed by atoms with Crippen molar-refractivity contribution in [3.63, 3.8) is 0 Å².